The average Bonchev–Trinajstić information content (AvgIpc) is 2.29. The summed E-state index contributed by atoms with van der Waals surface area (Å²) in [5.74, 6) is 2.27. The molecule has 15 heavy (non-hydrogen) atoms. The predicted octanol–water partition coefficient (Wildman–Crippen LogP) is 3.18. The summed E-state index contributed by atoms with van der Waals surface area (Å²) in [6.45, 7) is 0. The number of aromatic nitrogens is 1. The Kier molecular flexibility index (Phi) is 4.07. The van der Waals surface area contributed by atoms with E-state index >= 15 is 0 Å². The normalized spacial score (nSPS) is 17.9. The standard InChI is InChI=1S/C13H20NS/c1-14-10-6-5-9-13(14)15-11-12-7-3-2-4-8-12/h5-6,9-10,12H,2-4,7-8,11H2,1H3/q+1. The quantitative estimate of drug-likeness (QED) is 0.561. The molecule has 0 amide bonds. The molecule has 0 N–H and O–H groups in total. The summed E-state index contributed by atoms with van der Waals surface area (Å²) >= 11 is 2.02. The molecule has 1 aromatic rings. The Labute approximate surface area is 96.9 Å². The molecule has 82 valence electrons. The van der Waals surface area contributed by atoms with Gasteiger partial charge in [0.1, 0.15) is 7.05 Å². The van der Waals surface area contributed by atoms with Gasteiger partial charge in [-0.25, -0.2) is 0 Å². The van der Waals surface area contributed by atoms with Crippen molar-refractivity contribution in [2.45, 2.75) is 37.1 Å². The molecule has 1 nitrogen and oxygen atoms in total. The van der Waals surface area contributed by atoms with Gasteiger partial charge in [-0.15, -0.1) is 0 Å². The second-order valence-electron chi connectivity index (χ2n) is 4.46. The first-order chi connectivity index (χ1) is 7.36. The second kappa shape index (κ2) is 5.55. The molecular formula is C13H20NS+. The second-order valence-corrected chi connectivity index (χ2v) is 5.51. The molecule has 0 saturated heterocycles. The molecule has 0 aliphatic heterocycles. The van der Waals surface area contributed by atoms with Crippen molar-refractivity contribution < 1.29 is 4.57 Å². The van der Waals surface area contributed by atoms with Crippen LogP contribution in [-0.4, -0.2) is 5.75 Å². The van der Waals surface area contributed by atoms with Gasteiger partial charge in [-0.2, -0.15) is 4.57 Å². The number of thioether (sulfide) groups is 1. The van der Waals surface area contributed by atoms with Crippen LogP contribution < -0.4 is 4.57 Å². The summed E-state index contributed by atoms with van der Waals surface area (Å²) < 4.78 is 2.22. The molecule has 0 unspecified atom stereocenters. The van der Waals surface area contributed by atoms with E-state index < -0.39 is 0 Å². The minimum atomic E-state index is 0.962. The lowest BCUT2D eigenvalue weighted by molar-refractivity contribution is -0.708. The summed E-state index contributed by atoms with van der Waals surface area (Å²) in [5, 5.41) is 1.39. The van der Waals surface area contributed by atoms with Crippen molar-refractivity contribution in [2.24, 2.45) is 13.0 Å². The fraction of sp³-hybridized carbons (Fsp3) is 0.615. The Morgan fingerprint density at radius 1 is 1.27 bits per heavy atom. The van der Waals surface area contributed by atoms with Gasteiger partial charge < -0.3 is 0 Å². The van der Waals surface area contributed by atoms with Gasteiger partial charge in [-0.1, -0.05) is 31.0 Å². The van der Waals surface area contributed by atoms with Gasteiger partial charge in [-0.3, -0.25) is 0 Å². The van der Waals surface area contributed by atoms with Crippen molar-refractivity contribution in [2.75, 3.05) is 5.75 Å². The summed E-state index contributed by atoms with van der Waals surface area (Å²) in [6.07, 6.45) is 9.38. The fourth-order valence-electron chi connectivity index (χ4n) is 2.21. The van der Waals surface area contributed by atoms with E-state index in [0.717, 1.165) is 5.92 Å². The van der Waals surface area contributed by atoms with Crippen LogP contribution in [-0.2, 0) is 7.05 Å². The van der Waals surface area contributed by atoms with Crippen molar-refractivity contribution >= 4 is 11.8 Å². The Bertz CT molecular complexity index is 305. The van der Waals surface area contributed by atoms with Gasteiger partial charge >= 0.3 is 0 Å². The van der Waals surface area contributed by atoms with Crippen molar-refractivity contribution in [1.29, 1.82) is 0 Å². The largest absolute Gasteiger partial charge is 0.239 e. The number of nitrogens with zero attached hydrogens (tertiary/aromatic N) is 1. The Hall–Kier alpha value is -0.500. The smallest absolute Gasteiger partial charge is 0.196 e. The molecule has 1 fully saturated rings. The lowest BCUT2D eigenvalue weighted by Crippen LogP contribution is -2.30. The highest BCUT2D eigenvalue weighted by molar-refractivity contribution is 7.99. The van der Waals surface area contributed by atoms with E-state index in [0.29, 0.717) is 0 Å². The predicted molar refractivity (Wildman–Crippen MR) is 64.9 cm³/mol. The van der Waals surface area contributed by atoms with E-state index in [2.05, 4.69) is 36.0 Å². The van der Waals surface area contributed by atoms with Crippen LogP contribution in [0.1, 0.15) is 32.1 Å². The van der Waals surface area contributed by atoms with Crippen LogP contribution in [0.3, 0.4) is 0 Å². The van der Waals surface area contributed by atoms with Crippen LogP contribution in [0.2, 0.25) is 0 Å². The van der Waals surface area contributed by atoms with Crippen molar-refractivity contribution in [3.05, 3.63) is 24.4 Å². The zero-order valence-electron chi connectivity index (χ0n) is 9.48. The number of rotatable bonds is 3. The molecule has 2 heteroatoms. The molecule has 1 heterocycles. The first kappa shape index (κ1) is 11.0. The molecule has 2 rings (SSSR count). The highest BCUT2D eigenvalue weighted by Gasteiger charge is 2.15. The van der Waals surface area contributed by atoms with Crippen LogP contribution in [0.15, 0.2) is 29.4 Å². The van der Waals surface area contributed by atoms with E-state index in [9.17, 15) is 0 Å². The molecule has 1 aliphatic rings. The molecule has 1 aromatic heterocycles. The molecule has 0 spiro atoms. The molecule has 0 aromatic carbocycles. The van der Waals surface area contributed by atoms with Gasteiger partial charge in [-0.05, 0) is 24.8 Å². The fourth-order valence-corrected chi connectivity index (χ4v) is 3.39. The zero-order valence-corrected chi connectivity index (χ0v) is 10.3. The van der Waals surface area contributed by atoms with Crippen LogP contribution in [0.5, 0.6) is 0 Å². The van der Waals surface area contributed by atoms with E-state index in [-0.39, 0.29) is 0 Å². The topological polar surface area (TPSA) is 3.88 Å². The maximum absolute atomic E-state index is 2.22. The SMILES string of the molecule is C[n+]1ccccc1SCC1CCCCC1. The number of aryl methyl sites for hydroxylation is 1. The van der Waals surface area contributed by atoms with E-state index in [1.807, 2.05) is 11.8 Å². The van der Waals surface area contributed by atoms with E-state index in [1.165, 1.54) is 42.9 Å². The van der Waals surface area contributed by atoms with Crippen LogP contribution in [0.4, 0.5) is 0 Å². The molecule has 1 aliphatic carbocycles. The highest BCUT2D eigenvalue weighted by atomic mass is 32.2. The van der Waals surface area contributed by atoms with Crippen LogP contribution >= 0.6 is 11.8 Å². The highest BCUT2D eigenvalue weighted by Crippen LogP contribution is 2.28. The first-order valence-electron chi connectivity index (χ1n) is 5.94. The number of pyridine rings is 1. The minimum absolute atomic E-state index is 0.962. The lowest BCUT2D eigenvalue weighted by atomic mass is 9.91. The third-order valence-corrected chi connectivity index (χ3v) is 4.56. The summed E-state index contributed by atoms with van der Waals surface area (Å²) in [7, 11) is 2.13. The van der Waals surface area contributed by atoms with Crippen molar-refractivity contribution in [3.8, 4) is 0 Å². The third-order valence-electron chi connectivity index (χ3n) is 3.20. The number of hydrogen-bond acceptors (Lipinski definition) is 1. The average molecular weight is 222 g/mol. The molecular weight excluding hydrogens is 202 g/mol. The first-order valence-corrected chi connectivity index (χ1v) is 6.92. The minimum Gasteiger partial charge on any atom is -0.196 e. The molecule has 0 bridgehead atoms. The summed E-state index contributed by atoms with van der Waals surface area (Å²) in [4.78, 5) is 0. The number of hydrogen-bond donors (Lipinski definition) is 0. The Balaban J connectivity index is 1.84. The maximum Gasteiger partial charge on any atom is 0.239 e. The van der Waals surface area contributed by atoms with E-state index in [4.69, 9.17) is 0 Å². The monoisotopic (exact) mass is 222 g/mol. The summed E-state index contributed by atoms with van der Waals surface area (Å²) in [5.41, 5.74) is 0. The van der Waals surface area contributed by atoms with Gasteiger partial charge in [0, 0.05) is 17.9 Å². The van der Waals surface area contributed by atoms with E-state index in [1.54, 1.807) is 0 Å². The lowest BCUT2D eigenvalue weighted by Gasteiger charge is -2.20. The van der Waals surface area contributed by atoms with Crippen LogP contribution in [0, 0.1) is 5.92 Å². The van der Waals surface area contributed by atoms with Gasteiger partial charge in [0.25, 0.3) is 0 Å². The third kappa shape index (κ3) is 3.23. The molecule has 0 atom stereocenters. The van der Waals surface area contributed by atoms with Gasteiger partial charge in [0.2, 0.25) is 5.03 Å². The summed E-state index contributed by atoms with van der Waals surface area (Å²) in [6, 6.07) is 6.43. The van der Waals surface area contributed by atoms with Crippen LogP contribution in [0.25, 0.3) is 0 Å². The Morgan fingerprint density at radius 2 is 2.07 bits per heavy atom. The van der Waals surface area contributed by atoms with Crippen molar-refractivity contribution in [1.82, 2.24) is 0 Å². The van der Waals surface area contributed by atoms with Gasteiger partial charge in [0.05, 0.1) is 0 Å². The van der Waals surface area contributed by atoms with Crippen molar-refractivity contribution in [3.63, 3.8) is 0 Å². The zero-order chi connectivity index (χ0) is 10.5. The Morgan fingerprint density at radius 3 is 2.80 bits per heavy atom. The van der Waals surface area contributed by atoms with Gasteiger partial charge in [0.15, 0.2) is 6.20 Å². The molecule has 0 radical (unpaired) electrons. The molecule has 1 saturated carbocycles. The maximum atomic E-state index is 2.22.